The number of esters is 2. The minimum atomic E-state index is -2.85. The van der Waals surface area contributed by atoms with Crippen molar-refractivity contribution in [3.05, 3.63) is 0 Å². The van der Waals surface area contributed by atoms with Gasteiger partial charge in [0.15, 0.2) is 34.0 Å². The first-order valence-electron chi connectivity index (χ1n) is 26.5. The molecule has 4 saturated heterocycles. The van der Waals surface area contributed by atoms with Gasteiger partial charge < -0.3 is 58.2 Å². The van der Waals surface area contributed by atoms with Gasteiger partial charge >= 0.3 is 35.8 Å². The van der Waals surface area contributed by atoms with Crippen molar-refractivity contribution >= 4 is 114 Å². The number of ketones is 2. The van der Waals surface area contributed by atoms with Crippen LogP contribution in [0, 0.1) is 0 Å². The Bertz CT molecular complexity index is 2200. The molecule has 85 heavy (non-hydrogen) atoms. The fourth-order valence-electron chi connectivity index (χ4n) is 6.94. The fourth-order valence-corrected chi connectivity index (χ4v) is 8.54. The SMILES string of the molecule is CS(=O)(=O)SCCN.O=C(CCCC(=O)ON1C(=O)CCC1=O)COCC(COCC(COCC(=O)CCCC(=O)ON1C(=O)CCC1=O)OCOC(=O)CCCC(=O)ON1C(=O)CCC1=O)OCOC(=O)CCCC(=O)ON1C(=O)CCC1=O. The lowest BCUT2D eigenvalue weighted by Crippen LogP contribution is -2.33. The van der Waals surface area contributed by atoms with Gasteiger partial charge in [0.25, 0.3) is 47.3 Å². The van der Waals surface area contributed by atoms with Crippen LogP contribution in [0.25, 0.3) is 0 Å². The van der Waals surface area contributed by atoms with Crippen molar-refractivity contribution in [2.75, 3.05) is 71.8 Å². The predicted octanol–water partition coefficient (Wildman–Crippen LogP) is -1.31. The van der Waals surface area contributed by atoms with E-state index in [1.807, 2.05) is 0 Å². The molecule has 0 radical (unpaired) electrons. The number of ether oxygens (including phenoxy) is 7. The highest BCUT2D eigenvalue weighted by atomic mass is 33.1. The zero-order valence-electron chi connectivity index (χ0n) is 46.4. The largest absolute Gasteiger partial charge is 0.438 e. The molecule has 4 aliphatic heterocycles. The summed E-state index contributed by atoms with van der Waals surface area (Å²) in [6.45, 7) is -3.44. The summed E-state index contributed by atoms with van der Waals surface area (Å²) >= 11 is 0. The highest BCUT2D eigenvalue weighted by Gasteiger charge is 2.36. The maximum atomic E-state index is 12.6. The number of hydrogen-bond donors (Lipinski definition) is 1. The average molecular weight is 1250 g/mol. The predicted molar refractivity (Wildman–Crippen MR) is 275 cm³/mol. The highest BCUT2D eigenvalue weighted by Crippen LogP contribution is 2.18. The van der Waals surface area contributed by atoms with Gasteiger partial charge in [-0.15, -0.1) is 20.3 Å². The van der Waals surface area contributed by atoms with Crippen molar-refractivity contribution in [1.29, 1.82) is 0 Å². The quantitative estimate of drug-likeness (QED) is 0.0321. The zero-order chi connectivity index (χ0) is 62.9. The summed E-state index contributed by atoms with van der Waals surface area (Å²) in [6.07, 6.45) is -4.35. The Morgan fingerprint density at radius 2 is 0.682 bits per heavy atom. The summed E-state index contributed by atoms with van der Waals surface area (Å²) in [4.78, 5) is 211. The molecular formula is C49H67N5O29S2. The van der Waals surface area contributed by atoms with Crippen LogP contribution in [0.4, 0.5) is 0 Å². The molecule has 2 atom stereocenters. The average Bonchev–Trinajstić information content (AvgIpc) is 4.40. The second kappa shape index (κ2) is 38.7. The third-order valence-electron chi connectivity index (χ3n) is 11.2. The maximum absolute atomic E-state index is 12.6. The molecule has 4 fully saturated rings. The molecule has 0 saturated carbocycles. The first kappa shape index (κ1) is 72.0. The van der Waals surface area contributed by atoms with Crippen molar-refractivity contribution in [1.82, 2.24) is 20.3 Å². The molecule has 2 N–H and O–H groups in total. The summed E-state index contributed by atoms with van der Waals surface area (Å²) in [5.74, 6) is -11.2. The molecule has 4 heterocycles. The van der Waals surface area contributed by atoms with Crippen molar-refractivity contribution in [2.24, 2.45) is 5.73 Å². The van der Waals surface area contributed by atoms with Gasteiger partial charge in [0.1, 0.15) is 25.4 Å². The number of nitrogens with two attached hydrogens (primary N) is 1. The standard InChI is InChI=1S/C46H58N4O27.C3H9NO2S2/c51-29(5-1-9-43(63)74-47-33(53)13-14-34(47)54)21-67-23-31(70-27-72-41(61)7-3-11-45(65)76-49-37(57)17-18-38(49)58)25-69-26-32(24-68-22-30(52)6-2-10-44(64)75-48-35(55)15-16-36(48)56)71-28-73-42(62)8-4-12-46(66)77-50-39(59)19-20-40(50)60;1-8(5,6)7-3-2-4/h31-32H,1-28H2;2-4H2,1H3. The van der Waals surface area contributed by atoms with Crippen LogP contribution < -0.4 is 5.73 Å². The van der Waals surface area contributed by atoms with E-state index < -0.39 is 143 Å². The van der Waals surface area contributed by atoms with Gasteiger partial charge in [0.2, 0.25) is 0 Å². The normalized spacial score (nSPS) is 15.9. The number of carbonyl (C=O) groups excluding carboxylic acids is 16. The smallest absolute Gasteiger partial charge is 0.333 e. The van der Waals surface area contributed by atoms with Crippen molar-refractivity contribution in [2.45, 2.75) is 141 Å². The number of hydrogen-bond acceptors (Lipinski definition) is 31. The first-order valence-corrected chi connectivity index (χ1v) is 29.9. The minimum Gasteiger partial charge on any atom is -0.438 e. The van der Waals surface area contributed by atoms with Crippen molar-refractivity contribution < 1.29 is 138 Å². The van der Waals surface area contributed by atoms with Gasteiger partial charge in [-0.2, -0.15) is 0 Å². The van der Waals surface area contributed by atoms with Crippen LogP contribution in [0.1, 0.15) is 128 Å². The lowest BCUT2D eigenvalue weighted by atomic mass is 10.2. The Morgan fingerprint density at radius 1 is 0.424 bits per heavy atom. The lowest BCUT2D eigenvalue weighted by molar-refractivity contribution is -0.197. The van der Waals surface area contributed by atoms with E-state index in [9.17, 15) is 85.1 Å². The number of carbonyl (C=O) groups is 16. The summed E-state index contributed by atoms with van der Waals surface area (Å²) in [5.41, 5.74) is 5.05. The number of amides is 8. The molecular weight excluding hydrogens is 1190 g/mol. The molecule has 0 aromatic heterocycles. The van der Waals surface area contributed by atoms with Crippen LogP contribution >= 0.6 is 10.8 Å². The summed E-state index contributed by atoms with van der Waals surface area (Å²) in [6, 6.07) is 0. The van der Waals surface area contributed by atoms with Crippen LogP contribution in [0.15, 0.2) is 0 Å². The molecule has 0 bridgehead atoms. The van der Waals surface area contributed by atoms with E-state index in [0.717, 1.165) is 10.8 Å². The Labute approximate surface area is 488 Å². The Kier molecular flexibility index (Phi) is 32.8. The molecule has 0 aliphatic carbocycles. The molecule has 474 valence electrons. The van der Waals surface area contributed by atoms with Crippen molar-refractivity contribution in [3.8, 4) is 0 Å². The second-order valence-electron chi connectivity index (χ2n) is 18.4. The molecule has 0 aromatic rings. The Morgan fingerprint density at radius 3 is 0.941 bits per heavy atom. The molecule has 36 heteroatoms. The Balaban J connectivity index is 0.00000219. The van der Waals surface area contributed by atoms with Gasteiger partial charge in [-0.05, 0) is 36.5 Å². The molecule has 4 aliphatic rings. The van der Waals surface area contributed by atoms with Gasteiger partial charge in [-0.3, -0.25) is 57.5 Å². The van der Waals surface area contributed by atoms with Crippen LogP contribution in [-0.4, -0.2) is 207 Å². The van der Waals surface area contributed by atoms with Crippen LogP contribution in [-0.2, 0) is 138 Å². The Hall–Kier alpha value is -7.22. The number of hydroxylamine groups is 8. The van der Waals surface area contributed by atoms with E-state index in [1.165, 1.54) is 6.26 Å². The molecule has 8 amide bonds. The topological polar surface area (TPSA) is 448 Å². The van der Waals surface area contributed by atoms with Gasteiger partial charge in [-0.25, -0.2) is 27.6 Å². The number of Topliss-reactive ketones (excluding diaryl/α,β-unsaturated/α-hetero) is 2. The fraction of sp³-hybridized carbons (Fsp3) is 0.673. The van der Waals surface area contributed by atoms with E-state index in [-0.39, 0.29) is 155 Å². The molecule has 0 spiro atoms. The third kappa shape index (κ3) is 29.9. The van der Waals surface area contributed by atoms with Gasteiger partial charge in [0, 0.05) is 121 Å². The monoisotopic (exact) mass is 1250 g/mol. The van der Waals surface area contributed by atoms with Crippen LogP contribution in [0.5, 0.6) is 0 Å². The summed E-state index contributed by atoms with van der Waals surface area (Å²) in [7, 11) is -1.97. The molecule has 2 unspecified atom stereocenters. The molecule has 4 rings (SSSR count). The van der Waals surface area contributed by atoms with E-state index in [4.69, 9.17) is 58.2 Å². The third-order valence-corrected chi connectivity index (χ3v) is 13.8. The van der Waals surface area contributed by atoms with E-state index in [2.05, 4.69) is 0 Å². The second-order valence-corrected chi connectivity index (χ2v) is 23.0. The van der Waals surface area contributed by atoms with Gasteiger partial charge in [-0.1, -0.05) is 0 Å². The maximum Gasteiger partial charge on any atom is 0.333 e. The zero-order valence-corrected chi connectivity index (χ0v) is 48.0. The van der Waals surface area contributed by atoms with E-state index in [1.54, 1.807) is 0 Å². The first-order chi connectivity index (χ1) is 40.3. The minimum absolute atomic E-state index is 0.0213. The highest BCUT2D eigenvalue weighted by molar-refractivity contribution is 8.71. The van der Waals surface area contributed by atoms with Gasteiger partial charge in [0.05, 0.1) is 26.4 Å². The number of nitrogens with zero attached hydrogens (tertiary/aromatic N) is 4. The summed E-state index contributed by atoms with van der Waals surface area (Å²) in [5, 5.41) is 1.49. The molecule has 0 aromatic carbocycles. The van der Waals surface area contributed by atoms with E-state index >= 15 is 0 Å². The number of rotatable bonds is 41. The van der Waals surface area contributed by atoms with Crippen LogP contribution in [0.2, 0.25) is 0 Å². The molecule has 34 nitrogen and oxygen atoms in total. The summed E-state index contributed by atoms with van der Waals surface area (Å²) < 4.78 is 58.8. The lowest BCUT2D eigenvalue weighted by Gasteiger charge is -2.21. The van der Waals surface area contributed by atoms with Crippen molar-refractivity contribution in [3.63, 3.8) is 0 Å². The number of imide groups is 4. The van der Waals surface area contributed by atoms with E-state index in [0.29, 0.717) is 32.6 Å². The van der Waals surface area contributed by atoms with Crippen LogP contribution in [0.3, 0.4) is 0 Å².